The van der Waals surface area contributed by atoms with Crippen LogP contribution in [0.2, 0.25) is 0 Å². The fraction of sp³-hybridized carbons (Fsp3) is 0.583. The van der Waals surface area contributed by atoms with Crippen LogP contribution >= 0.6 is 0 Å². The van der Waals surface area contributed by atoms with Gasteiger partial charge in [0, 0.05) is 12.2 Å². The van der Waals surface area contributed by atoms with Crippen LogP contribution in [0.15, 0.2) is 18.3 Å². The van der Waals surface area contributed by atoms with Crippen molar-refractivity contribution in [3.8, 4) is 0 Å². The molecule has 0 radical (unpaired) electrons. The summed E-state index contributed by atoms with van der Waals surface area (Å²) >= 11 is 0. The molecule has 0 amide bonds. The third-order valence-electron chi connectivity index (χ3n) is 2.96. The Labute approximate surface area is 90.5 Å². The Bertz CT molecular complexity index is 319. The number of aromatic nitrogens is 1. The van der Waals surface area contributed by atoms with Crippen LogP contribution in [0.1, 0.15) is 31.2 Å². The van der Waals surface area contributed by atoms with Gasteiger partial charge in [-0.25, -0.2) is 4.98 Å². The highest BCUT2D eigenvalue weighted by molar-refractivity contribution is 5.38. The van der Waals surface area contributed by atoms with E-state index in [1.54, 1.807) is 0 Å². The van der Waals surface area contributed by atoms with Gasteiger partial charge in [-0.05, 0) is 50.3 Å². The summed E-state index contributed by atoms with van der Waals surface area (Å²) in [5.41, 5.74) is 1.23. The second-order valence-electron chi connectivity index (χ2n) is 4.37. The Morgan fingerprint density at radius 3 is 2.73 bits per heavy atom. The molecule has 1 fully saturated rings. The average molecular weight is 206 g/mol. The summed E-state index contributed by atoms with van der Waals surface area (Å²) in [5.74, 6) is 0.955. The molecule has 15 heavy (non-hydrogen) atoms. The molecule has 1 heterocycles. The summed E-state index contributed by atoms with van der Waals surface area (Å²) in [6, 6.07) is 4.53. The van der Waals surface area contributed by atoms with Crippen molar-refractivity contribution in [1.29, 1.82) is 0 Å². The van der Waals surface area contributed by atoms with Crippen molar-refractivity contribution in [2.24, 2.45) is 0 Å². The van der Waals surface area contributed by atoms with Crippen LogP contribution in [0.3, 0.4) is 0 Å². The number of aliphatic hydroxyl groups excluding tert-OH is 1. The Kier molecular flexibility index (Phi) is 3.21. The molecule has 3 heteroatoms. The molecule has 1 aliphatic rings. The van der Waals surface area contributed by atoms with Gasteiger partial charge >= 0.3 is 0 Å². The molecule has 1 aromatic rings. The third-order valence-corrected chi connectivity index (χ3v) is 2.96. The summed E-state index contributed by atoms with van der Waals surface area (Å²) in [6.45, 7) is 2.07. The minimum absolute atomic E-state index is 0.0893. The van der Waals surface area contributed by atoms with Crippen molar-refractivity contribution in [2.45, 2.75) is 44.8 Å². The first-order valence-corrected chi connectivity index (χ1v) is 5.61. The Morgan fingerprint density at radius 2 is 2.07 bits per heavy atom. The maximum atomic E-state index is 9.39. The van der Waals surface area contributed by atoms with Gasteiger partial charge in [-0.3, -0.25) is 0 Å². The molecule has 1 aliphatic carbocycles. The molecule has 1 saturated carbocycles. The van der Waals surface area contributed by atoms with Gasteiger partial charge in [0.15, 0.2) is 0 Å². The summed E-state index contributed by atoms with van der Waals surface area (Å²) < 4.78 is 0. The molecule has 3 nitrogen and oxygen atoms in total. The van der Waals surface area contributed by atoms with Crippen molar-refractivity contribution < 1.29 is 5.11 Å². The van der Waals surface area contributed by atoms with Crippen molar-refractivity contribution >= 4 is 5.82 Å². The standard InChI is InChI=1S/C12H18N2O/c1-9-6-7-13-12(8-9)14-10-2-4-11(15)5-3-10/h6-8,10-11,15H,2-5H2,1H3,(H,13,14)/t10-,11-. The van der Waals surface area contributed by atoms with Crippen molar-refractivity contribution in [3.05, 3.63) is 23.9 Å². The lowest BCUT2D eigenvalue weighted by Crippen LogP contribution is -2.28. The maximum absolute atomic E-state index is 9.39. The zero-order valence-corrected chi connectivity index (χ0v) is 9.11. The average Bonchev–Trinajstić information content (AvgIpc) is 2.22. The SMILES string of the molecule is Cc1ccnc(N[C@H]2CC[C@H](O)CC2)c1. The van der Waals surface area contributed by atoms with E-state index in [9.17, 15) is 5.11 Å². The highest BCUT2D eigenvalue weighted by Gasteiger charge is 2.19. The Hall–Kier alpha value is -1.09. The number of pyridine rings is 1. The Balaban J connectivity index is 1.92. The minimum atomic E-state index is -0.0893. The van der Waals surface area contributed by atoms with E-state index in [0.29, 0.717) is 6.04 Å². The largest absolute Gasteiger partial charge is 0.393 e. The van der Waals surface area contributed by atoms with Crippen LogP contribution in [0.5, 0.6) is 0 Å². The quantitative estimate of drug-likeness (QED) is 0.779. The predicted octanol–water partition coefficient (Wildman–Crippen LogP) is 2.11. The molecule has 2 N–H and O–H groups in total. The number of hydrogen-bond acceptors (Lipinski definition) is 3. The first-order chi connectivity index (χ1) is 7.24. The number of rotatable bonds is 2. The van der Waals surface area contributed by atoms with Gasteiger partial charge in [-0.2, -0.15) is 0 Å². The van der Waals surface area contributed by atoms with E-state index in [-0.39, 0.29) is 6.10 Å². The van der Waals surface area contributed by atoms with Crippen LogP contribution in [0, 0.1) is 6.92 Å². The second kappa shape index (κ2) is 4.62. The molecule has 0 unspecified atom stereocenters. The summed E-state index contributed by atoms with van der Waals surface area (Å²) in [6.07, 6.45) is 5.63. The van der Waals surface area contributed by atoms with E-state index in [2.05, 4.69) is 23.3 Å². The van der Waals surface area contributed by atoms with E-state index < -0.39 is 0 Å². The van der Waals surface area contributed by atoms with Gasteiger partial charge in [0.1, 0.15) is 5.82 Å². The van der Waals surface area contributed by atoms with Gasteiger partial charge in [0.05, 0.1) is 6.10 Å². The predicted molar refractivity (Wildman–Crippen MR) is 60.9 cm³/mol. The van der Waals surface area contributed by atoms with Crippen molar-refractivity contribution in [3.63, 3.8) is 0 Å². The summed E-state index contributed by atoms with van der Waals surface area (Å²) in [7, 11) is 0. The highest BCUT2D eigenvalue weighted by atomic mass is 16.3. The molecule has 0 bridgehead atoms. The number of nitrogens with one attached hydrogen (secondary N) is 1. The maximum Gasteiger partial charge on any atom is 0.126 e. The van der Waals surface area contributed by atoms with Crippen LogP contribution in [0.4, 0.5) is 5.82 Å². The molecule has 0 saturated heterocycles. The molecule has 2 rings (SSSR count). The van der Waals surface area contributed by atoms with Gasteiger partial charge in [0.2, 0.25) is 0 Å². The van der Waals surface area contributed by atoms with Gasteiger partial charge in [-0.15, -0.1) is 0 Å². The molecular formula is C12H18N2O. The van der Waals surface area contributed by atoms with Crippen LogP contribution in [-0.4, -0.2) is 22.2 Å². The normalized spacial score (nSPS) is 26.3. The first kappa shape index (κ1) is 10.4. The van der Waals surface area contributed by atoms with Gasteiger partial charge in [-0.1, -0.05) is 0 Å². The number of aliphatic hydroxyl groups is 1. The fourth-order valence-corrected chi connectivity index (χ4v) is 2.04. The minimum Gasteiger partial charge on any atom is -0.393 e. The first-order valence-electron chi connectivity index (χ1n) is 5.61. The van der Waals surface area contributed by atoms with E-state index in [4.69, 9.17) is 0 Å². The van der Waals surface area contributed by atoms with Crippen LogP contribution in [0.25, 0.3) is 0 Å². The van der Waals surface area contributed by atoms with Gasteiger partial charge in [0.25, 0.3) is 0 Å². The number of nitrogens with zero attached hydrogens (tertiary/aromatic N) is 1. The van der Waals surface area contributed by atoms with Crippen LogP contribution in [-0.2, 0) is 0 Å². The van der Waals surface area contributed by atoms with E-state index in [0.717, 1.165) is 31.5 Å². The lowest BCUT2D eigenvalue weighted by atomic mass is 9.93. The smallest absolute Gasteiger partial charge is 0.126 e. The zero-order valence-electron chi connectivity index (χ0n) is 9.11. The van der Waals surface area contributed by atoms with E-state index >= 15 is 0 Å². The molecular weight excluding hydrogens is 188 g/mol. The monoisotopic (exact) mass is 206 g/mol. The Morgan fingerprint density at radius 1 is 1.33 bits per heavy atom. The third kappa shape index (κ3) is 2.93. The molecule has 1 aromatic heterocycles. The molecule has 0 spiro atoms. The van der Waals surface area contributed by atoms with Gasteiger partial charge < -0.3 is 10.4 Å². The topological polar surface area (TPSA) is 45.2 Å². The summed E-state index contributed by atoms with van der Waals surface area (Å²) in [4.78, 5) is 4.28. The zero-order chi connectivity index (χ0) is 10.7. The second-order valence-corrected chi connectivity index (χ2v) is 4.37. The fourth-order valence-electron chi connectivity index (χ4n) is 2.04. The van der Waals surface area contributed by atoms with Crippen LogP contribution < -0.4 is 5.32 Å². The number of hydrogen-bond donors (Lipinski definition) is 2. The number of anilines is 1. The molecule has 0 atom stereocenters. The van der Waals surface area contributed by atoms with Crippen molar-refractivity contribution in [2.75, 3.05) is 5.32 Å². The summed E-state index contributed by atoms with van der Waals surface area (Å²) in [5, 5.41) is 12.8. The van der Waals surface area contributed by atoms with Crippen molar-refractivity contribution in [1.82, 2.24) is 4.98 Å². The molecule has 0 aromatic carbocycles. The van der Waals surface area contributed by atoms with E-state index in [1.807, 2.05) is 12.3 Å². The number of aryl methyl sites for hydroxylation is 1. The lowest BCUT2D eigenvalue weighted by Gasteiger charge is -2.26. The molecule has 0 aliphatic heterocycles. The highest BCUT2D eigenvalue weighted by Crippen LogP contribution is 2.21. The lowest BCUT2D eigenvalue weighted by molar-refractivity contribution is 0.126. The molecule has 82 valence electrons. The van der Waals surface area contributed by atoms with E-state index in [1.165, 1.54) is 5.56 Å².